The van der Waals surface area contributed by atoms with Gasteiger partial charge in [0, 0.05) is 25.6 Å². The van der Waals surface area contributed by atoms with Gasteiger partial charge in [0.05, 0.1) is 23.9 Å². The quantitative estimate of drug-likeness (QED) is 0.632. The van der Waals surface area contributed by atoms with Gasteiger partial charge < -0.3 is 20.1 Å². The van der Waals surface area contributed by atoms with Gasteiger partial charge in [0.25, 0.3) is 0 Å². The van der Waals surface area contributed by atoms with Gasteiger partial charge in [0.1, 0.15) is 5.75 Å². The standard InChI is InChI=1S/C19H30N2O5S/c1-15(14-27(23,24)18-6-4-16(25-2)5-7-18)19(22)21-11-8-17(9-12-21)26-13-3-10-20/h4-7,15,17H,3,8-14,20H2,1-2H3. The Bertz CT molecular complexity index is 697. The summed E-state index contributed by atoms with van der Waals surface area (Å²) in [6.07, 6.45) is 2.53. The molecule has 1 atom stereocenters. The van der Waals surface area contributed by atoms with Gasteiger partial charge >= 0.3 is 0 Å². The van der Waals surface area contributed by atoms with E-state index in [1.54, 1.807) is 24.0 Å². The molecule has 0 spiro atoms. The first-order chi connectivity index (χ1) is 12.9. The van der Waals surface area contributed by atoms with Crippen molar-refractivity contribution in [1.82, 2.24) is 4.90 Å². The van der Waals surface area contributed by atoms with E-state index in [0.29, 0.717) is 32.0 Å². The van der Waals surface area contributed by atoms with Gasteiger partial charge in [-0.05, 0) is 50.1 Å². The van der Waals surface area contributed by atoms with Gasteiger partial charge in [-0.15, -0.1) is 0 Å². The van der Waals surface area contributed by atoms with Crippen LogP contribution in [-0.2, 0) is 19.4 Å². The van der Waals surface area contributed by atoms with Gasteiger partial charge in [-0.25, -0.2) is 8.42 Å². The number of sulfone groups is 1. The van der Waals surface area contributed by atoms with E-state index in [4.69, 9.17) is 15.2 Å². The van der Waals surface area contributed by atoms with E-state index in [1.807, 2.05) is 0 Å². The number of benzene rings is 1. The molecule has 1 aliphatic rings. The van der Waals surface area contributed by atoms with Crippen LogP contribution in [-0.4, -0.2) is 64.4 Å². The number of carbonyl (C=O) groups excluding carboxylic acids is 1. The lowest BCUT2D eigenvalue weighted by Crippen LogP contribution is -2.44. The van der Waals surface area contributed by atoms with E-state index in [2.05, 4.69) is 0 Å². The number of methoxy groups -OCH3 is 1. The molecule has 27 heavy (non-hydrogen) atoms. The fourth-order valence-electron chi connectivity index (χ4n) is 3.17. The summed E-state index contributed by atoms with van der Waals surface area (Å²) in [5.74, 6) is -0.320. The number of nitrogens with zero attached hydrogens (tertiary/aromatic N) is 1. The number of piperidine rings is 1. The maximum absolute atomic E-state index is 12.7. The van der Waals surface area contributed by atoms with Crippen molar-refractivity contribution in [2.45, 2.75) is 37.2 Å². The summed E-state index contributed by atoms with van der Waals surface area (Å²) in [6.45, 7) is 4.12. The molecule has 1 saturated heterocycles. The van der Waals surface area contributed by atoms with Gasteiger partial charge in [-0.3, -0.25) is 4.79 Å². The molecule has 1 unspecified atom stereocenters. The number of carbonyl (C=O) groups is 1. The number of hydrogen-bond acceptors (Lipinski definition) is 6. The minimum absolute atomic E-state index is 0.118. The Morgan fingerprint density at radius 2 is 1.89 bits per heavy atom. The summed E-state index contributed by atoms with van der Waals surface area (Å²) in [5, 5.41) is 0. The third-order valence-electron chi connectivity index (χ3n) is 4.77. The highest BCUT2D eigenvalue weighted by molar-refractivity contribution is 7.91. The highest BCUT2D eigenvalue weighted by atomic mass is 32.2. The van der Waals surface area contributed by atoms with E-state index >= 15 is 0 Å². The van der Waals surface area contributed by atoms with Crippen molar-refractivity contribution in [2.24, 2.45) is 11.7 Å². The molecular formula is C19H30N2O5S. The SMILES string of the molecule is COc1ccc(S(=O)(=O)CC(C)C(=O)N2CCC(OCCCN)CC2)cc1. The van der Waals surface area contributed by atoms with Gasteiger partial charge in [0.15, 0.2) is 9.84 Å². The topological polar surface area (TPSA) is 98.9 Å². The van der Waals surface area contributed by atoms with Crippen LogP contribution in [0.5, 0.6) is 5.75 Å². The second-order valence-corrected chi connectivity index (χ2v) is 8.93. The number of nitrogens with two attached hydrogens (primary N) is 1. The molecule has 1 aromatic rings. The average Bonchev–Trinajstić information content (AvgIpc) is 2.68. The fraction of sp³-hybridized carbons (Fsp3) is 0.632. The number of hydrogen-bond donors (Lipinski definition) is 1. The predicted octanol–water partition coefficient (Wildman–Crippen LogP) is 1.46. The molecule has 7 nitrogen and oxygen atoms in total. The molecule has 1 aliphatic heterocycles. The van der Waals surface area contributed by atoms with Crippen molar-refractivity contribution >= 4 is 15.7 Å². The Morgan fingerprint density at radius 1 is 1.26 bits per heavy atom. The normalized spacial score (nSPS) is 16.9. The number of likely N-dealkylation sites (tertiary alicyclic amines) is 1. The summed E-state index contributed by atoms with van der Waals surface area (Å²) in [7, 11) is -2.01. The van der Waals surface area contributed by atoms with E-state index < -0.39 is 15.8 Å². The van der Waals surface area contributed by atoms with Crippen molar-refractivity contribution < 1.29 is 22.7 Å². The third kappa shape index (κ3) is 6.19. The molecule has 0 saturated carbocycles. The summed E-state index contributed by atoms with van der Waals surface area (Å²) >= 11 is 0. The monoisotopic (exact) mass is 398 g/mol. The molecule has 1 aromatic carbocycles. The van der Waals surface area contributed by atoms with E-state index in [0.717, 1.165) is 19.3 Å². The largest absolute Gasteiger partial charge is 0.497 e. The lowest BCUT2D eigenvalue weighted by Gasteiger charge is -2.33. The maximum Gasteiger partial charge on any atom is 0.226 e. The first-order valence-electron chi connectivity index (χ1n) is 9.34. The van der Waals surface area contributed by atoms with Crippen LogP contribution >= 0.6 is 0 Å². The van der Waals surface area contributed by atoms with Crippen molar-refractivity contribution in [1.29, 1.82) is 0 Å². The molecular weight excluding hydrogens is 368 g/mol. The lowest BCUT2D eigenvalue weighted by atomic mass is 10.1. The lowest BCUT2D eigenvalue weighted by molar-refractivity contribution is -0.137. The van der Waals surface area contributed by atoms with Gasteiger partial charge in [0.2, 0.25) is 5.91 Å². The Kier molecular flexibility index (Phi) is 8.07. The molecule has 152 valence electrons. The van der Waals surface area contributed by atoms with Crippen LogP contribution in [0.4, 0.5) is 0 Å². The third-order valence-corrected chi connectivity index (χ3v) is 6.69. The summed E-state index contributed by atoms with van der Waals surface area (Å²) < 4.78 is 36.0. The van der Waals surface area contributed by atoms with Crippen molar-refractivity contribution in [3.63, 3.8) is 0 Å². The average molecular weight is 399 g/mol. The second-order valence-electron chi connectivity index (χ2n) is 6.90. The molecule has 0 aromatic heterocycles. The van der Waals surface area contributed by atoms with Crippen LogP contribution in [0.15, 0.2) is 29.2 Å². The molecule has 8 heteroatoms. The highest BCUT2D eigenvalue weighted by Crippen LogP contribution is 2.21. The molecule has 1 amide bonds. The Labute approximate surface area is 161 Å². The predicted molar refractivity (Wildman–Crippen MR) is 103 cm³/mol. The van der Waals surface area contributed by atoms with Gasteiger partial charge in [-0.1, -0.05) is 6.92 Å². The first-order valence-corrected chi connectivity index (χ1v) is 11.0. The minimum Gasteiger partial charge on any atom is -0.497 e. The summed E-state index contributed by atoms with van der Waals surface area (Å²) in [6, 6.07) is 6.23. The van der Waals surface area contributed by atoms with E-state index in [9.17, 15) is 13.2 Å². The summed E-state index contributed by atoms with van der Waals surface area (Å²) in [4.78, 5) is 14.6. The van der Waals surface area contributed by atoms with Gasteiger partial charge in [-0.2, -0.15) is 0 Å². The number of rotatable bonds is 9. The Balaban J connectivity index is 1.87. The highest BCUT2D eigenvalue weighted by Gasteiger charge is 2.29. The van der Waals surface area contributed by atoms with E-state index in [-0.39, 0.29) is 22.7 Å². The Morgan fingerprint density at radius 3 is 2.44 bits per heavy atom. The van der Waals surface area contributed by atoms with Crippen LogP contribution in [0.2, 0.25) is 0 Å². The van der Waals surface area contributed by atoms with Crippen LogP contribution in [0.25, 0.3) is 0 Å². The smallest absolute Gasteiger partial charge is 0.226 e. The summed E-state index contributed by atoms with van der Waals surface area (Å²) in [5.41, 5.74) is 5.46. The number of amides is 1. The van der Waals surface area contributed by atoms with Crippen LogP contribution < -0.4 is 10.5 Å². The van der Waals surface area contributed by atoms with E-state index in [1.165, 1.54) is 19.2 Å². The zero-order chi connectivity index (χ0) is 19.9. The molecule has 2 rings (SSSR count). The van der Waals surface area contributed by atoms with Crippen LogP contribution in [0.3, 0.4) is 0 Å². The van der Waals surface area contributed by atoms with Crippen LogP contribution in [0.1, 0.15) is 26.2 Å². The van der Waals surface area contributed by atoms with Crippen molar-refractivity contribution in [2.75, 3.05) is 39.1 Å². The fourth-order valence-corrected chi connectivity index (χ4v) is 4.71. The molecule has 2 N–H and O–H groups in total. The van der Waals surface area contributed by atoms with Crippen molar-refractivity contribution in [3.05, 3.63) is 24.3 Å². The molecule has 0 radical (unpaired) electrons. The van der Waals surface area contributed by atoms with Crippen molar-refractivity contribution in [3.8, 4) is 5.75 Å². The zero-order valence-corrected chi connectivity index (χ0v) is 16.9. The zero-order valence-electron chi connectivity index (χ0n) is 16.1. The Hall–Kier alpha value is -1.64. The second kappa shape index (κ2) is 10.1. The molecule has 0 bridgehead atoms. The molecule has 1 heterocycles. The van der Waals surface area contributed by atoms with Crippen LogP contribution in [0, 0.1) is 5.92 Å². The molecule has 1 fully saturated rings. The minimum atomic E-state index is -3.53. The first kappa shape index (κ1) is 21.7. The number of ether oxygens (including phenoxy) is 2. The molecule has 0 aliphatic carbocycles. The maximum atomic E-state index is 12.7.